The molecule has 1 aromatic rings. The number of hydrogen-bond acceptors (Lipinski definition) is 4. The predicted molar refractivity (Wildman–Crippen MR) is 98.1 cm³/mol. The maximum absolute atomic E-state index is 12.7. The molecule has 0 aromatic heterocycles. The zero-order valence-corrected chi connectivity index (χ0v) is 16.2. The normalized spacial score (nSPS) is 19.3. The molecular weight excluding hydrogens is 340 g/mol. The number of benzene rings is 1. The van der Waals surface area contributed by atoms with E-state index in [1.54, 1.807) is 29.4 Å². The Hall–Kier alpha value is -1.60. The first kappa shape index (κ1) is 19.7. The number of carbonyl (C=O) groups is 1. The minimum atomic E-state index is -3.40. The smallest absolute Gasteiger partial charge is 0.248 e. The van der Waals surface area contributed by atoms with Crippen LogP contribution in [0.15, 0.2) is 18.2 Å². The number of hydrogen-bond donors (Lipinski definition) is 1. The van der Waals surface area contributed by atoms with E-state index in [1.165, 1.54) is 0 Å². The van der Waals surface area contributed by atoms with Crippen LogP contribution >= 0.6 is 0 Å². The largest absolute Gasteiger partial charge is 0.487 e. The molecule has 0 spiro atoms. The summed E-state index contributed by atoms with van der Waals surface area (Å²) in [5.41, 5.74) is 5.97. The van der Waals surface area contributed by atoms with Crippen molar-refractivity contribution in [2.75, 3.05) is 12.3 Å². The molecule has 0 fully saturated rings. The summed E-state index contributed by atoms with van der Waals surface area (Å²) in [6.07, 6.45) is 2.20. The van der Waals surface area contributed by atoms with Crippen LogP contribution in [-0.2, 0) is 10.0 Å². The number of rotatable bonds is 7. The maximum atomic E-state index is 12.7. The fourth-order valence-corrected chi connectivity index (χ4v) is 4.51. The minimum absolute atomic E-state index is 0.0410. The van der Waals surface area contributed by atoms with Crippen LogP contribution in [0, 0.1) is 0 Å². The molecule has 0 saturated carbocycles. The average Bonchev–Trinajstić information content (AvgIpc) is 2.53. The molecule has 1 aliphatic rings. The van der Waals surface area contributed by atoms with Gasteiger partial charge in [0, 0.05) is 24.1 Å². The quantitative estimate of drug-likeness (QED) is 0.801. The molecule has 0 bridgehead atoms. The fourth-order valence-electron chi connectivity index (χ4n) is 3.20. The molecule has 25 heavy (non-hydrogen) atoms. The third-order valence-corrected chi connectivity index (χ3v) is 6.41. The number of fused-ring (bicyclic) bond motifs is 1. The van der Waals surface area contributed by atoms with Crippen LogP contribution in [0.2, 0.25) is 0 Å². The molecule has 1 unspecified atom stereocenters. The Morgan fingerprint density at radius 3 is 2.60 bits per heavy atom. The molecular formula is C18H28N2O4S. The zero-order chi connectivity index (χ0) is 18.8. The number of sulfonamides is 1. The third-order valence-electron chi connectivity index (χ3n) is 4.53. The molecule has 1 heterocycles. The Labute approximate surface area is 150 Å². The van der Waals surface area contributed by atoms with Gasteiger partial charge in [-0.1, -0.05) is 13.3 Å². The molecule has 6 nitrogen and oxygen atoms in total. The van der Waals surface area contributed by atoms with Gasteiger partial charge in [-0.3, -0.25) is 4.79 Å². The van der Waals surface area contributed by atoms with Crippen molar-refractivity contribution in [3.8, 4) is 5.75 Å². The summed E-state index contributed by atoms with van der Waals surface area (Å²) in [5.74, 6) is 0.114. The van der Waals surface area contributed by atoms with Crippen molar-refractivity contribution < 1.29 is 17.9 Å². The van der Waals surface area contributed by atoms with Gasteiger partial charge in [0.15, 0.2) is 0 Å². The number of unbranched alkanes of at least 4 members (excludes halogenated alkanes) is 1. The highest BCUT2D eigenvalue weighted by molar-refractivity contribution is 7.89. The summed E-state index contributed by atoms with van der Waals surface area (Å²) in [7, 11) is -3.40. The number of primary amides is 1. The first-order chi connectivity index (χ1) is 11.6. The molecule has 1 aliphatic heterocycles. The van der Waals surface area contributed by atoms with E-state index in [9.17, 15) is 13.2 Å². The van der Waals surface area contributed by atoms with Gasteiger partial charge in [0.25, 0.3) is 0 Å². The van der Waals surface area contributed by atoms with E-state index in [1.807, 2.05) is 20.8 Å². The summed E-state index contributed by atoms with van der Waals surface area (Å²) in [5, 5.41) is 0. The SMILES string of the molecule is CCCCN(C1CC(C)(C)Oc2ccc(C(N)=O)cc21)S(=O)(=O)CC. The van der Waals surface area contributed by atoms with Crippen LogP contribution in [0.5, 0.6) is 5.75 Å². The van der Waals surface area contributed by atoms with E-state index < -0.39 is 21.5 Å². The summed E-state index contributed by atoms with van der Waals surface area (Å²) >= 11 is 0. The second-order valence-electron chi connectivity index (χ2n) is 7.06. The van der Waals surface area contributed by atoms with Gasteiger partial charge in [-0.2, -0.15) is 4.31 Å². The van der Waals surface area contributed by atoms with Crippen molar-refractivity contribution in [3.05, 3.63) is 29.3 Å². The van der Waals surface area contributed by atoms with Gasteiger partial charge >= 0.3 is 0 Å². The highest BCUT2D eigenvalue weighted by Gasteiger charge is 2.40. The zero-order valence-electron chi connectivity index (χ0n) is 15.4. The number of nitrogens with two attached hydrogens (primary N) is 1. The van der Waals surface area contributed by atoms with Gasteiger partial charge in [-0.05, 0) is 45.4 Å². The van der Waals surface area contributed by atoms with Crippen molar-refractivity contribution in [1.82, 2.24) is 4.31 Å². The summed E-state index contributed by atoms with van der Waals surface area (Å²) in [6.45, 7) is 8.03. The lowest BCUT2D eigenvalue weighted by Crippen LogP contribution is -2.44. The second kappa shape index (κ2) is 7.33. The number of nitrogens with zero attached hydrogens (tertiary/aromatic N) is 1. The molecule has 0 saturated heterocycles. The van der Waals surface area contributed by atoms with Crippen LogP contribution in [0.1, 0.15) is 68.9 Å². The van der Waals surface area contributed by atoms with Crippen molar-refractivity contribution in [1.29, 1.82) is 0 Å². The fraction of sp³-hybridized carbons (Fsp3) is 0.611. The molecule has 0 aliphatic carbocycles. The summed E-state index contributed by atoms with van der Waals surface area (Å²) < 4.78 is 33.1. The first-order valence-electron chi connectivity index (χ1n) is 8.73. The molecule has 1 atom stereocenters. The Morgan fingerprint density at radius 2 is 2.04 bits per heavy atom. The van der Waals surface area contributed by atoms with Gasteiger partial charge in [0.1, 0.15) is 11.4 Å². The number of carbonyl (C=O) groups excluding carboxylic acids is 1. The predicted octanol–water partition coefficient (Wildman–Crippen LogP) is 2.84. The number of amides is 1. The van der Waals surface area contributed by atoms with Gasteiger partial charge < -0.3 is 10.5 Å². The Balaban J connectivity index is 2.57. The minimum Gasteiger partial charge on any atom is -0.487 e. The van der Waals surface area contributed by atoms with E-state index in [2.05, 4.69) is 0 Å². The van der Waals surface area contributed by atoms with E-state index in [0.717, 1.165) is 12.8 Å². The highest BCUT2D eigenvalue weighted by Crippen LogP contribution is 2.44. The molecule has 1 amide bonds. The Morgan fingerprint density at radius 1 is 1.36 bits per heavy atom. The standard InChI is InChI=1S/C18H28N2O4S/c1-5-7-10-20(25(22,23)6-2)15-12-18(3,4)24-16-9-8-13(17(19)21)11-14(15)16/h8-9,11,15H,5-7,10,12H2,1-4H3,(H2,19,21). The molecule has 1 aromatic carbocycles. The lowest BCUT2D eigenvalue weighted by molar-refractivity contribution is 0.0501. The van der Waals surface area contributed by atoms with E-state index in [4.69, 9.17) is 10.5 Å². The molecule has 0 radical (unpaired) electrons. The van der Waals surface area contributed by atoms with E-state index in [0.29, 0.717) is 29.8 Å². The first-order valence-corrected chi connectivity index (χ1v) is 10.3. The van der Waals surface area contributed by atoms with Crippen LogP contribution in [0.25, 0.3) is 0 Å². The summed E-state index contributed by atoms with van der Waals surface area (Å²) in [4.78, 5) is 11.6. The Bertz CT molecular complexity index is 743. The third kappa shape index (κ3) is 4.33. The van der Waals surface area contributed by atoms with Crippen molar-refractivity contribution in [2.24, 2.45) is 5.73 Å². The van der Waals surface area contributed by atoms with Crippen molar-refractivity contribution in [2.45, 2.75) is 58.6 Å². The van der Waals surface area contributed by atoms with E-state index >= 15 is 0 Å². The van der Waals surface area contributed by atoms with Crippen molar-refractivity contribution in [3.63, 3.8) is 0 Å². The second-order valence-corrected chi connectivity index (χ2v) is 9.27. The van der Waals surface area contributed by atoms with E-state index in [-0.39, 0.29) is 11.8 Å². The number of ether oxygens (including phenoxy) is 1. The summed E-state index contributed by atoms with van der Waals surface area (Å²) in [6, 6.07) is 4.63. The van der Waals surface area contributed by atoms with Crippen molar-refractivity contribution >= 4 is 15.9 Å². The average molecular weight is 368 g/mol. The van der Waals surface area contributed by atoms with Gasteiger partial charge in [-0.25, -0.2) is 8.42 Å². The van der Waals surface area contributed by atoms with Gasteiger partial charge in [0.05, 0.1) is 11.8 Å². The molecule has 2 rings (SSSR count). The highest BCUT2D eigenvalue weighted by atomic mass is 32.2. The maximum Gasteiger partial charge on any atom is 0.248 e. The Kier molecular flexibility index (Phi) is 5.79. The molecule has 7 heteroatoms. The van der Waals surface area contributed by atoms with Gasteiger partial charge in [-0.15, -0.1) is 0 Å². The van der Waals surface area contributed by atoms with Crippen LogP contribution in [0.4, 0.5) is 0 Å². The monoisotopic (exact) mass is 368 g/mol. The molecule has 2 N–H and O–H groups in total. The topological polar surface area (TPSA) is 89.7 Å². The van der Waals surface area contributed by atoms with Crippen LogP contribution < -0.4 is 10.5 Å². The molecule has 140 valence electrons. The van der Waals surface area contributed by atoms with Gasteiger partial charge in [0.2, 0.25) is 15.9 Å². The lowest BCUT2D eigenvalue weighted by Gasteiger charge is -2.42. The lowest BCUT2D eigenvalue weighted by atomic mass is 9.88. The van der Waals surface area contributed by atoms with Crippen LogP contribution in [-0.4, -0.2) is 36.5 Å². The van der Waals surface area contributed by atoms with Crippen LogP contribution in [0.3, 0.4) is 0 Å².